The van der Waals surface area contributed by atoms with Gasteiger partial charge in [0.15, 0.2) is 0 Å². The molecule has 1 aromatic heterocycles. The van der Waals surface area contributed by atoms with Crippen molar-refractivity contribution in [2.45, 2.75) is 39.0 Å². The molecule has 1 fully saturated rings. The van der Waals surface area contributed by atoms with Crippen molar-refractivity contribution >= 4 is 0 Å². The minimum atomic E-state index is 0.00772. The van der Waals surface area contributed by atoms with E-state index in [1.54, 1.807) is 0 Å². The van der Waals surface area contributed by atoms with Crippen LogP contribution in [0.15, 0.2) is 4.79 Å². The van der Waals surface area contributed by atoms with Crippen LogP contribution in [0.2, 0.25) is 0 Å². The van der Waals surface area contributed by atoms with Crippen molar-refractivity contribution < 1.29 is 4.74 Å². The number of aromatic nitrogens is 2. The summed E-state index contributed by atoms with van der Waals surface area (Å²) in [4.78, 5) is 19.2. The van der Waals surface area contributed by atoms with Gasteiger partial charge in [0, 0.05) is 24.7 Å². The Morgan fingerprint density at radius 3 is 2.75 bits per heavy atom. The summed E-state index contributed by atoms with van der Waals surface area (Å²) in [6.07, 6.45) is 2.72. The number of ether oxygens (including phenoxy) is 1. The lowest BCUT2D eigenvalue weighted by atomic mass is 9.99. The van der Waals surface area contributed by atoms with Crippen LogP contribution in [-0.2, 0) is 11.2 Å². The average Bonchev–Trinajstić information content (AvgIpc) is 2.33. The van der Waals surface area contributed by atoms with Crippen LogP contribution in [0.3, 0.4) is 0 Å². The van der Waals surface area contributed by atoms with Gasteiger partial charge in [0.25, 0.3) is 5.56 Å². The molecule has 0 saturated carbocycles. The molecule has 1 aliphatic heterocycles. The standard InChI is InChI=1S/C12H18N2O2/c1-3-10-8(2)12(15)14-11(13-10)9-4-6-16-7-5-9/h9H,3-7H2,1-2H3,(H,13,14,15). The molecule has 1 N–H and O–H groups in total. The monoisotopic (exact) mass is 222 g/mol. The first-order chi connectivity index (χ1) is 7.72. The maximum absolute atomic E-state index is 11.7. The Morgan fingerprint density at radius 1 is 1.44 bits per heavy atom. The Bertz CT molecular complexity index is 420. The van der Waals surface area contributed by atoms with E-state index in [9.17, 15) is 4.79 Å². The molecule has 1 saturated heterocycles. The maximum atomic E-state index is 11.7. The van der Waals surface area contributed by atoms with E-state index in [-0.39, 0.29) is 5.56 Å². The zero-order chi connectivity index (χ0) is 11.5. The summed E-state index contributed by atoms with van der Waals surface area (Å²) in [7, 11) is 0. The smallest absolute Gasteiger partial charge is 0.254 e. The molecule has 0 amide bonds. The van der Waals surface area contributed by atoms with Crippen molar-refractivity contribution in [2.24, 2.45) is 0 Å². The normalized spacial score (nSPS) is 17.6. The predicted molar refractivity (Wildman–Crippen MR) is 61.8 cm³/mol. The third kappa shape index (κ3) is 2.16. The molecule has 2 rings (SSSR count). The number of aromatic amines is 1. The summed E-state index contributed by atoms with van der Waals surface area (Å²) < 4.78 is 5.31. The minimum absolute atomic E-state index is 0.00772. The molecule has 0 aromatic carbocycles. The molecule has 16 heavy (non-hydrogen) atoms. The summed E-state index contributed by atoms with van der Waals surface area (Å²) in [6, 6.07) is 0. The molecule has 1 aromatic rings. The van der Waals surface area contributed by atoms with Crippen LogP contribution in [0.1, 0.15) is 42.8 Å². The molecule has 4 nitrogen and oxygen atoms in total. The Labute approximate surface area is 95.1 Å². The number of aryl methyl sites for hydroxylation is 1. The van der Waals surface area contributed by atoms with Gasteiger partial charge in [-0.3, -0.25) is 4.79 Å². The summed E-state index contributed by atoms with van der Waals surface area (Å²) in [5.41, 5.74) is 1.68. The second kappa shape index (κ2) is 4.78. The maximum Gasteiger partial charge on any atom is 0.254 e. The average molecular weight is 222 g/mol. The van der Waals surface area contributed by atoms with Crippen molar-refractivity contribution in [3.8, 4) is 0 Å². The number of nitrogens with zero attached hydrogens (tertiary/aromatic N) is 1. The van der Waals surface area contributed by atoms with Crippen molar-refractivity contribution in [3.05, 3.63) is 27.4 Å². The zero-order valence-corrected chi connectivity index (χ0v) is 9.88. The van der Waals surface area contributed by atoms with Crippen LogP contribution in [0, 0.1) is 6.92 Å². The lowest BCUT2D eigenvalue weighted by Crippen LogP contribution is -2.23. The first-order valence-corrected chi connectivity index (χ1v) is 5.89. The fraction of sp³-hybridized carbons (Fsp3) is 0.667. The zero-order valence-electron chi connectivity index (χ0n) is 9.88. The molecule has 2 heterocycles. The largest absolute Gasteiger partial charge is 0.381 e. The van der Waals surface area contributed by atoms with Gasteiger partial charge in [0.05, 0.1) is 5.69 Å². The Kier molecular flexibility index (Phi) is 3.39. The van der Waals surface area contributed by atoms with Crippen LogP contribution in [-0.4, -0.2) is 23.2 Å². The number of hydrogen-bond donors (Lipinski definition) is 1. The van der Waals surface area contributed by atoms with E-state index in [2.05, 4.69) is 9.97 Å². The van der Waals surface area contributed by atoms with Gasteiger partial charge in [-0.1, -0.05) is 6.92 Å². The van der Waals surface area contributed by atoms with Gasteiger partial charge in [0.2, 0.25) is 0 Å². The fourth-order valence-corrected chi connectivity index (χ4v) is 2.11. The molecular formula is C12H18N2O2. The van der Waals surface area contributed by atoms with Gasteiger partial charge in [-0.25, -0.2) is 4.98 Å². The molecule has 0 unspecified atom stereocenters. The highest BCUT2D eigenvalue weighted by molar-refractivity contribution is 5.17. The molecule has 0 aliphatic carbocycles. The molecular weight excluding hydrogens is 204 g/mol. The van der Waals surface area contributed by atoms with Crippen LogP contribution < -0.4 is 5.56 Å². The van der Waals surface area contributed by atoms with E-state index in [1.807, 2.05) is 13.8 Å². The molecule has 88 valence electrons. The number of H-pyrrole nitrogens is 1. The van der Waals surface area contributed by atoms with E-state index in [1.165, 1.54) is 0 Å². The fourth-order valence-electron chi connectivity index (χ4n) is 2.11. The number of hydrogen-bond acceptors (Lipinski definition) is 3. The highest BCUT2D eigenvalue weighted by atomic mass is 16.5. The SMILES string of the molecule is CCc1nc(C2CCOCC2)[nH]c(=O)c1C. The minimum Gasteiger partial charge on any atom is -0.381 e. The Hall–Kier alpha value is -1.16. The van der Waals surface area contributed by atoms with Gasteiger partial charge < -0.3 is 9.72 Å². The molecule has 0 bridgehead atoms. The topological polar surface area (TPSA) is 55.0 Å². The number of nitrogens with one attached hydrogen (secondary N) is 1. The van der Waals surface area contributed by atoms with Crippen molar-refractivity contribution in [1.29, 1.82) is 0 Å². The van der Waals surface area contributed by atoms with Crippen molar-refractivity contribution in [3.63, 3.8) is 0 Å². The predicted octanol–water partition coefficient (Wildman–Crippen LogP) is 1.53. The number of rotatable bonds is 2. The van der Waals surface area contributed by atoms with Crippen LogP contribution in [0.4, 0.5) is 0 Å². The van der Waals surface area contributed by atoms with E-state index < -0.39 is 0 Å². The second-order valence-electron chi connectivity index (χ2n) is 4.26. The summed E-state index contributed by atoms with van der Waals surface area (Å²) in [5, 5.41) is 0. The quantitative estimate of drug-likeness (QED) is 0.825. The second-order valence-corrected chi connectivity index (χ2v) is 4.26. The third-order valence-corrected chi connectivity index (χ3v) is 3.21. The summed E-state index contributed by atoms with van der Waals surface area (Å²) in [5.74, 6) is 1.20. The lowest BCUT2D eigenvalue weighted by molar-refractivity contribution is 0.0834. The van der Waals surface area contributed by atoms with Gasteiger partial charge in [-0.15, -0.1) is 0 Å². The molecule has 4 heteroatoms. The summed E-state index contributed by atoms with van der Waals surface area (Å²) in [6.45, 7) is 5.40. The van der Waals surface area contributed by atoms with Crippen molar-refractivity contribution in [2.75, 3.05) is 13.2 Å². The van der Waals surface area contributed by atoms with Gasteiger partial charge in [-0.05, 0) is 26.2 Å². The van der Waals surface area contributed by atoms with E-state index in [4.69, 9.17) is 4.74 Å². The summed E-state index contributed by atoms with van der Waals surface area (Å²) >= 11 is 0. The first-order valence-electron chi connectivity index (χ1n) is 5.89. The molecule has 0 radical (unpaired) electrons. The Morgan fingerprint density at radius 2 is 2.12 bits per heavy atom. The van der Waals surface area contributed by atoms with Gasteiger partial charge in [-0.2, -0.15) is 0 Å². The Balaban J connectivity index is 2.33. The van der Waals surface area contributed by atoms with Crippen LogP contribution >= 0.6 is 0 Å². The highest BCUT2D eigenvalue weighted by Crippen LogP contribution is 2.23. The van der Waals surface area contributed by atoms with Crippen LogP contribution in [0.25, 0.3) is 0 Å². The van der Waals surface area contributed by atoms with Gasteiger partial charge >= 0.3 is 0 Å². The van der Waals surface area contributed by atoms with E-state index in [0.717, 1.165) is 49.6 Å². The van der Waals surface area contributed by atoms with Gasteiger partial charge in [0.1, 0.15) is 5.82 Å². The molecule has 0 spiro atoms. The van der Waals surface area contributed by atoms with E-state index in [0.29, 0.717) is 5.92 Å². The highest BCUT2D eigenvalue weighted by Gasteiger charge is 2.19. The molecule has 0 atom stereocenters. The first kappa shape index (κ1) is 11.3. The van der Waals surface area contributed by atoms with Crippen molar-refractivity contribution in [1.82, 2.24) is 9.97 Å². The molecule has 1 aliphatic rings. The lowest BCUT2D eigenvalue weighted by Gasteiger charge is -2.21. The van der Waals surface area contributed by atoms with Crippen LogP contribution in [0.5, 0.6) is 0 Å². The van der Waals surface area contributed by atoms with E-state index >= 15 is 0 Å². The third-order valence-electron chi connectivity index (χ3n) is 3.21.